The number of nitrogens with one attached hydrogen (secondary N) is 1. The van der Waals surface area contributed by atoms with E-state index in [0.717, 1.165) is 40.0 Å². The van der Waals surface area contributed by atoms with Gasteiger partial charge in [0.25, 0.3) is 0 Å². The summed E-state index contributed by atoms with van der Waals surface area (Å²) in [6, 6.07) is 25.4. The van der Waals surface area contributed by atoms with Crippen molar-refractivity contribution in [1.82, 2.24) is 19.9 Å². The Bertz CT molecular complexity index is 1450. The first-order valence-electron chi connectivity index (χ1n) is 11.7. The lowest BCUT2D eigenvalue weighted by Crippen LogP contribution is -2.35. The highest BCUT2D eigenvalue weighted by Gasteiger charge is 2.10. The zero-order valence-corrected chi connectivity index (χ0v) is 20.2. The second-order valence-electron chi connectivity index (χ2n) is 9.58. The van der Waals surface area contributed by atoms with Gasteiger partial charge in [-0.2, -0.15) is 0 Å². The summed E-state index contributed by atoms with van der Waals surface area (Å²) >= 11 is 0. The Morgan fingerprint density at radius 3 is 2.41 bits per heavy atom. The molecule has 0 aliphatic rings. The van der Waals surface area contributed by atoms with Crippen LogP contribution < -0.4 is 10.1 Å². The van der Waals surface area contributed by atoms with Crippen LogP contribution in [0.4, 0.5) is 0 Å². The highest BCUT2D eigenvalue weighted by atomic mass is 16.5. The first-order valence-corrected chi connectivity index (χ1v) is 11.7. The Hall–Kier alpha value is -3.70. The van der Waals surface area contributed by atoms with Gasteiger partial charge in [-0.1, -0.05) is 30.3 Å². The van der Waals surface area contributed by atoms with Crippen LogP contribution in [0, 0.1) is 0 Å². The van der Waals surface area contributed by atoms with Gasteiger partial charge in [-0.3, -0.25) is 4.57 Å². The van der Waals surface area contributed by atoms with Gasteiger partial charge in [-0.25, -0.2) is 9.97 Å². The van der Waals surface area contributed by atoms with Crippen molar-refractivity contribution in [2.75, 3.05) is 6.61 Å². The van der Waals surface area contributed by atoms with Crippen molar-refractivity contribution in [1.29, 1.82) is 0 Å². The van der Waals surface area contributed by atoms with Crippen molar-refractivity contribution < 1.29 is 4.74 Å². The molecule has 5 aromatic rings. The number of benzene rings is 3. The third kappa shape index (κ3) is 4.66. The van der Waals surface area contributed by atoms with Gasteiger partial charge in [0, 0.05) is 23.5 Å². The number of hydrogen-bond acceptors (Lipinski definition) is 4. The number of ether oxygens (including phenoxy) is 1. The highest BCUT2D eigenvalue weighted by Crippen LogP contribution is 2.27. The SMILES string of the molecule is CCOc1ccc2c(c1)ncn2-c1ccc2cc(-c3ccc(CNC(C)(C)C)cc3)ccc2n1. The van der Waals surface area contributed by atoms with E-state index >= 15 is 0 Å². The van der Waals surface area contributed by atoms with E-state index in [1.165, 1.54) is 16.7 Å². The van der Waals surface area contributed by atoms with E-state index < -0.39 is 0 Å². The van der Waals surface area contributed by atoms with Crippen LogP contribution in [0.3, 0.4) is 0 Å². The third-order valence-electron chi connectivity index (χ3n) is 5.86. The summed E-state index contributed by atoms with van der Waals surface area (Å²) in [5.41, 5.74) is 6.65. The van der Waals surface area contributed by atoms with Crippen molar-refractivity contribution in [3.63, 3.8) is 0 Å². The zero-order chi connectivity index (χ0) is 23.7. The Morgan fingerprint density at radius 1 is 0.853 bits per heavy atom. The van der Waals surface area contributed by atoms with E-state index in [2.05, 4.69) is 79.6 Å². The second-order valence-corrected chi connectivity index (χ2v) is 9.58. The fourth-order valence-electron chi connectivity index (χ4n) is 4.04. The fraction of sp³-hybridized carbons (Fsp3) is 0.241. The molecule has 2 aromatic heterocycles. The van der Waals surface area contributed by atoms with Gasteiger partial charge >= 0.3 is 0 Å². The average Bonchev–Trinajstić information content (AvgIpc) is 3.25. The average molecular weight is 451 g/mol. The predicted molar refractivity (Wildman–Crippen MR) is 140 cm³/mol. The summed E-state index contributed by atoms with van der Waals surface area (Å²) < 4.78 is 7.61. The fourth-order valence-corrected chi connectivity index (χ4v) is 4.04. The number of aromatic nitrogens is 3. The normalized spacial score (nSPS) is 11.9. The molecule has 5 rings (SSSR count). The standard InChI is InChI=1S/C29H30N4O/c1-5-34-24-12-14-27-26(17-24)30-19-33(27)28-15-11-23-16-22(10-13-25(23)32-28)21-8-6-20(7-9-21)18-31-29(2,3)4/h6-17,19,31H,5,18H2,1-4H3. The number of imidazole rings is 1. The van der Waals surface area contributed by atoms with Crippen molar-refractivity contribution in [3.8, 4) is 22.7 Å². The quantitative estimate of drug-likeness (QED) is 0.320. The molecule has 0 unspecified atom stereocenters. The molecule has 1 N–H and O–H groups in total. The Kier molecular flexibility index (Phi) is 5.80. The minimum absolute atomic E-state index is 0.109. The van der Waals surface area contributed by atoms with E-state index in [1.807, 2.05) is 42.1 Å². The van der Waals surface area contributed by atoms with Gasteiger partial charge in [-0.05, 0) is 80.8 Å². The van der Waals surface area contributed by atoms with Crippen LogP contribution in [-0.4, -0.2) is 26.7 Å². The molecule has 0 amide bonds. The number of nitrogens with zero attached hydrogens (tertiary/aromatic N) is 3. The van der Waals surface area contributed by atoms with E-state index in [-0.39, 0.29) is 5.54 Å². The second kappa shape index (κ2) is 8.92. The Morgan fingerprint density at radius 2 is 1.65 bits per heavy atom. The largest absolute Gasteiger partial charge is 0.494 e. The van der Waals surface area contributed by atoms with Crippen LogP contribution in [0.15, 0.2) is 79.1 Å². The summed E-state index contributed by atoms with van der Waals surface area (Å²) in [6.45, 7) is 10.0. The van der Waals surface area contributed by atoms with Crippen LogP contribution >= 0.6 is 0 Å². The maximum absolute atomic E-state index is 5.60. The van der Waals surface area contributed by atoms with Crippen LogP contribution in [-0.2, 0) is 6.54 Å². The molecule has 5 nitrogen and oxygen atoms in total. The third-order valence-corrected chi connectivity index (χ3v) is 5.86. The van der Waals surface area contributed by atoms with E-state index in [9.17, 15) is 0 Å². The molecule has 0 saturated heterocycles. The van der Waals surface area contributed by atoms with Gasteiger partial charge < -0.3 is 10.1 Å². The molecule has 0 aliphatic carbocycles. The maximum atomic E-state index is 5.60. The number of hydrogen-bond donors (Lipinski definition) is 1. The predicted octanol–water partition coefficient (Wildman–Crippen LogP) is 6.53. The summed E-state index contributed by atoms with van der Waals surface area (Å²) in [5, 5.41) is 4.65. The lowest BCUT2D eigenvalue weighted by atomic mass is 10.0. The summed E-state index contributed by atoms with van der Waals surface area (Å²) in [6.07, 6.45) is 1.82. The maximum Gasteiger partial charge on any atom is 0.139 e. The molecule has 0 fully saturated rings. The Labute approximate surface area is 200 Å². The molecule has 0 spiro atoms. The number of fused-ring (bicyclic) bond motifs is 2. The highest BCUT2D eigenvalue weighted by molar-refractivity contribution is 5.86. The summed E-state index contributed by atoms with van der Waals surface area (Å²) in [4.78, 5) is 9.45. The molecule has 2 heterocycles. The van der Waals surface area contributed by atoms with E-state index in [0.29, 0.717) is 6.61 Å². The number of pyridine rings is 1. The molecule has 5 heteroatoms. The van der Waals surface area contributed by atoms with Gasteiger partial charge in [0.05, 0.1) is 23.2 Å². The monoisotopic (exact) mass is 450 g/mol. The molecule has 172 valence electrons. The molecule has 3 aromatic carbocycles. The van der Waals surface area contributed by atoms with Crippen LogP contribution in [0.5, 0.6) is 5.75 Å². The van der Waals surface area contributed by atoms with Crippen LogP contribution in [0.2, 0.25) is 0 Å². The molecule has 0 saturated carbocycles. The van der Waals surface area contributed by atoms with Crippen LogP contribution in [0.25, 0.3) is 38.9 Å². The van der Waals surface area contributed by atoms with E-state index in [1.54, 1.807) is 0 Å². The zero-order valence-electron chi connectivity index (χ0n) is 20.2. The molecule has 34 heavy (non-hydrogen) atoms. The van der Waals surface area contributed by atoms with Gasteiger partial charge in [0.15, 0.2) is 0 Å². The van der Waals surface area contributed by atoms with Crippen molar-refractivity contribution >= 4 is 21.9 Å². The summed E-state index contributed by atoms with van der Waals surface area (Å²) in [7, 11) is 0. The van der Waals surface area contributed by atoms with Crippen molar-refractivity contribution in [2.45, 2.75) is 39.8 Å². The first-order chi connectivity index (χ1) is 16.4. The lowest BCUT2D eigenvalue weighted by Gasteiger charge is -2.20. The van der Waals surface area contributed by atoms with Gasteiger partial charge in [-0.15, -0.1) is 0 Å². The Balaban J connectivity index is 1.40. The summed E-state index contributed by atoms with van der Waals surface area (Å²) in [5.74, 6) is 1.68. The van der Waals surface area contributed by atoms with Crippen LogP contribution in [0.1, 0.15) is 33.3 Å². The molecule has 0 atom stereocenters. The molecule has 0 aliphatic heterocycles. The molecule has 0 radical (unpaired) electrons. The smallest absolute Gasteiger partial charge is 0.139 e. The first kappa shape index (κ1) is 22.1. The minimum Gasteiger partial charge on any atom is -0.494 e. The van der Waals surface area contributed by atoms with Gasteiger partial charge in [0.1, 0.15) is 17.9 Å². The lowest BCUT2D eigenvalue weighted by molar-refractivity contribution is 0.340. The molecular weight excluding hydrogens is 420 g/mol. The topological polar surface area (TPSA) is 52.0 Å². The number of rotatable bonds is 6. The van der Waals surface area contributed by atoms with Crippen molar-refractivity contribution in [2.24, 2.45) is 0 Å². The molecular formula is C29H30N4O. The van der Waals surface area contributed by atoms with E-state index in [4.69, 9.17) is 9.72 Å². The molecule has 0 bridgehead atoms. The van der Waals surface area contributed by atoms with Crippen molar-refractivity contribution in [3.05, 3.63) is 84.7 Å². The minimum atomic E-state index is 0.109. The van der Waals surface area contributed by atoms with Gasteiger partial charge in [0.2, 0.25) is 0 Å².